The molecule has 16 heavy (non-hydrogen) atoms. The highest BCUT2D eigenvalue weighted by Crippen LogP contribution is 2.17. The van der Waals surface area contributed by atoms with Crippen molar-refractivity contribution in [2.45, 2.75) is 20.3 Å². The van der Waals surface area contributed by atoms with E-state index in [1.807, 2.05) is 6.07 Å². The second-order valence-corrected chi connectivity index (χ2v) is 4.14. The summed E-state index contributed by atoms with van der Waals surface area (Å²) in [6.45, 7) is 4.22. The van der Waals surface area contributed by atoms with Crippen LogP contribution >= 0.6 is 0 Å². The van der Waals surface area contributed by atoms with E-state index in [1.165, 1.54) is 6.33 Å². The summed E-state index contributed by atoms with van der Waals surface area (Å²) in [4.78, 5) is 19.1. The minimum atomic E-state index is -1.06. The van der Waals surface area contributed by atoms with Gasteiger partial charge < -0.3 is 5.11 Å². The highest BCUT2D eigenvalue weighted by atomic mass is 16.4. The molecular formula is C11H13N3O2. The molecule has 0 aliphatic rings. The fraction of sp³-hybridized carbons (Fsp3) is 0.364. The number of hydrogen-bond acceptors (Lipinski definition) is 3. The third-order valence-corrected chi connectivity index (χ3v) is 2.35. The molecular weight excluding hydrogens is 206 g/mol. The zero-order valence-corrected chi connectivity index (χ0v) is 9.21. The van der Waals surface area contributed by atoms with E-state index in [-0.39, 0.29) is 0 Å². The van der Waals surface area contributed by atoms with Crippen molar-refractivity contribution in [3.63, 3.8) is 0 Å². The average molecular weight is 219 g/mol. The van der Waals surface area contributed by atoms with Gasteiger partial charge in [0.1, 0.15) is 11.8 Å². The first-order chi connectivity index (χ1) is 7.59. The van der Waals surface area contributed by atoms with Crippen LogP contribution in [0.2, 0.25) is 0 Å². The molecule has 84 valence electrons. The van der Waals surface area contributed by atoms with Gasteiger partial charge in [-0.05, 0) is 24.0 Å². The van der Waals surface area contributed by atoms with Crippen molar-refractivity contribution >= 4 is 17.3 Å². The molecule has 2 aromatic heterocycles. The number of nitrogens with zero attached hydrogens (tertiary/aromatic N) is 3. The van der Waals surface area contributed by atoms with Crippen LogP contribution in [0.1, 0.15) is 19.4 Å². The Morgan fingerprint density at radius 2 is 2.25 bits per heavy atom. The molecule has 0 aromatic carbocycles. The van der Waals surface area contributed by atoms with Crippen LogP contribution in [-0.2, 0) is 6.42 Å². The molecule has 5 heteroatoms. The maximum absolute atomic E-state index is 10.9. The summed E-state index contributed by atoms with van der Waals surface area (Å²) in [5.74, 6) is 0.501. The molecule has 0 aliphatic carbocycles. The highest BCUT2D eigenvalue weighted by Gasteiger charge is 2.12. The zero-order chi connectivity index (χ0) is 11.7. The number of pyridine rings is 1. The zero-order valence-electron chi connectivity index (χ0n) is 9.21. The highest BCUT2D eigenvalue weighted by molar-refractivity contribution is 5.84. The largest absolute Gasteiger partial charge is 0.464 e. The Hall–Kier alpha value is -1.91. The Balaban J connectivity index is 2.57. The van der Waals surface area contributed by atoms with Gasteiger partial charge in [-0.1, -0.05) is 13.8 Å². The van der Waals surface area contributed by atoms with Crippen LogP contribution in [0.4, 0.5) is 4.79 Å². The number of rotatable bonds is 2. The molecule has 0 bridgehead atoms. The summed E-state index contributed by atoms with van der Waals surface area (Å²) in [5.41, 5.74) is 2.13. The molecule has 2 aromatic rings. The molecule has 0 saturated heterocycles. The minimum Gasteiger partial charge on any atom is -0.464 e. The molecule has 0 radical (unpaired) electrons. The average Bonchev–Trinajstić information content (AvgIpc) is 2.61. The third kappa shape index (κ3) is 1.76. The molecule has 2 heterocycles. The Morgan fingerprint density at radius 1 is 1.50 bits per heavy atom. The molecule has 0 fully saturated rings. The van der Waals surface area contributed by atoms with E-state index in [2.05, 4.69) is 23.8 Å². The molecule has 5 nitrogen and oxygen atoms in total. The summed E-state index contributed by atoms with van der Waals surface area (Å²) in [6.07, 6.45) is 2.73. The van der Waals surface area contributed by atoms with Crippen LogP contribution in [0, 0.1) is 5.92 Å². The molecule has 0 atom stereocenters. The maximum Gasteiger partial charge on any atom is 0.418 e. The molecule has 0 unspecified atom stereocenters. The van der Waals surface area contributed by atoms with E-state index in [0.29, 0.717) is 17.1 Å². The molecule has 0 saturated carbocycles. The summed E-state index contributed by atoms with van der Waals surface area (Å²) in [7, 11) is 0. The summed E-state index contributed by atoms with van der Waals surface area (Å²) >= 11 is 0. The van der Waals surface area contributed by atoms with E-state index >= 15 is 0 Å². The standard InChI is InChI=1S/C11H13N3O2/c1-7(2)5-8-3-4-12-10-9(8)13-6-14(10)11(15)16/h3-4,6-7H,5H2,1-2H3,(H,15,16). The topological polar surface area (TPSA) is 68.0 Å². The number of carboxylic acid groups (broad SMARTS) is 1. The van der Waals surface area contributed by atoms with Crippen LogP contribution in [0.5, 0.6) is 0 Å². The van der Waals surface area contributed by atoms with Gasteiger partial charge in [-0.25, -0.2) is 19.3 Å². The second-order valence-electron chi connectivity index (χ2n) is 4.14. The van der Waals surface area contributed by atoms with Crippen molar-refractivity contribution in [1.82, 2.24) is 14.5 Å². The summed E-state index contributed by atoms with van der Waals surface area (Å²) in [6, 6.07) is 1.89. The number of aromatic nitrogens is 3. The first-order valence-corrected chi connectivity index (χ1v) is 5.14. The first kappa shape index (κ1) is 10.6. The summed E-state index contributed by atoms with van der Waals surface area (Å²) < 4.78 is 1.04. The van der Waals surface area contributed by atoms with Crippen LogP contribution in [-0.4, -0.2) is 25.7 Å². The Bertz CT molecular complexity index is 531. The predicted octanol–water partition coefficient (Wildman–Crippen LogP) is 2.16. The quantitative estimate of drug-likeness (QED) is 0.840. The lowest BCUT2D eigenvalue weighted by Crippen LogP contribution is -2.07. The lowest BCUT2D eigenvalue weighted by Gasteiger charge is -2.05. The van der Waals surface area contributed by atoms with Crippen molar-refractivity contribution in [1.29, 1.82) is 0 Å². The lowest BCUT2D eigenvalue weighted by molar-refractivity contribution is 0.197. The van der Waals surface area contributed by atoms with Gasteiger partial charge in [0.15, 0.2) is 5.65 Å². The van der Waals surface area contributed by atoms with Gasteiger partial charge in [0.2, 0.25) is 0 Å². The SMILES string of the molecule is CC(C)Cc1ccnc2c1ncn2C(=O)O. The van der Waals surface area contributed by atoms with Crippen LogP contribution in [0.25, 0.3) is 11.2 Å². The Labute approximate surface area is 92.8 Å². The Kier molecular flexibility index (Phi) is 2.60. The van der Waals surface area contributed by atoms with Gasteiger partial charge in [-0.2, -0.15) is 0 Å². The lowest BCUT2D eigenvalue weighted by atomic mass is 10.0. The monoisotopic (exact) mass is 219 g/mol. The number of carbonyl (C=O) groups is 1. The van der Waals surface area contributed by atoms with Crippen molar-refractivity contribution in [3.05, 3.63) is 24.2 Å². The molecule has 2 rings (SSSR count). The molecule has 0 aliphatic heterocycles. The van der Waals surface area contributed by atoms with E-state index < -0.39 is 6.09 Å². The first-order valence-electron chi connectivity index (χ1n) is 5.14. The molecule has 0 amide bonds. The van der Waals surface area contributed by atoms with Gasteiger partial charge in [-0.3, -0.25) is 0 Å². The fourth-order valence-electron chi connectivity index (χ4n) is 1.71. The van der Waals surface area contributed by atoms with Gasteiger partial charge in [-0.15, -0.1) is 0 Å². The van der Waals surface area contributed by atoms with Gasteiger partial charge in [0.05, 0.1) is 0 Å². The van der Waals surface area contributed by atoms with E-state index in [1.54, 1.807) is 6.20 Å². The maximum atomic E-state index is 10.9. The van der Waals surface area contributed by atoms with Crippen molar-refractivity contribution in [2.75, 3.05) is 0 Å². The number of fused-ring (bicyclic) bond motifs is 1. The number of hydrogen-bond donors (Lipinski definition) is 1. The summed E-state index contributed by atoms with van der Waals surface area (Å²) in [5, 5.41) is 8.93. The van der Waals surface area contributed by atoms with Gasteiger partial charge in [0.25, 0.3) is 0 Å². The predicted molar refractivity (Wildman–Crippen MR) is 59.5 cm³/mol. The van der Waals surface area contributed by atoms with E-state index in [4.69, 9.17) is 5.11 Å². The third-order valence-electron chi connectivity index (χ3n) is 2.35. The van der Waals surface area contributed by atoms with E-state index in [0.717, 1.165) is 16.6 Å². The number of imidazole rings is 1. The van der Waals surface area contributed by atoms with E-state index in [9.17, 15) is 4.79 Å². The molecule has 0 spiro atoms. The smallest absolute Gasteiger partial charge is 0.418 e. The Morgan fingerprint density at radius 3 is 2.88 bits per heavy atom. The van der Waals surface area contributed by atoms with Crippen LogP contribution < -0.4 is 0 Å². The molecule has 1 N–H and O–H groups in total. The van der Waals surface area contributed by atoms with Crippen molar-refractivity contribution in [2.24, 2.45) is 5.92 Å². The fourth-order valence-corrected chi connectivity index (χ4v) is 1.71. The minimum absolute atomic E-state index is 0.408. The van der Waals surface area contributed by atoms with Crippen molar-refractivity contribution in [3.8, 4) is 0 Å². The van der Waals surface area contributed by atoms with Crippen LogP contribution in [0.3, 0.4) is 0 Å². The normalized spacial score (nSPS) is 11.2. The second kappa shape index (κ2) is 3.92. The van der Waals surface area contributed by atoms with Gasteiger partial charge in [0, 0.05) is 6.20 Å². The van der Waals surface area contributed by atoms with Crippen LogP contribution in [0.15, 0.2) is 18.6 Å². The van der Waals surface area contributed by atoms with Crippen molar-refractivity contribution < 1.29 is 9.90 Å². The van der Waals surface area contributed by atoms with Gasteiger partial charge >= 0.3 is 6.09 Å².